The highest BCUT2D eigenvalue weighted by Crippen LogP contribution is 2.33. The fraction of sp³-hybridized carbons (Fsp3) is 0.316. The molecule has 1 unspecified atom stereocenters. The summed E-state index contributed by atoms with van der Waals surface area (Å²) in [4.78, 5) is 10.9. The Kier molecular flexibility index (Phi) is 5.29. The van der Waals surface area contributed by atoms with Crippen molar-refractivity contribution in [2.45, 2.75) is 30.1 Å². The van der Waals surface area contributed by atoms with Crippen LogP contribution in [0.5, 0.6) is 5.75 Å². The summed E-state index contributed by atoms with van der Waals surface area (Å²) in [6.45, 7) is 0.308. The third-order valence-electron chi connectivity index (χ3n) is 4.72. The molecule has 0 aliphatic heterocycles. The number of aromatic carboxylic acids is 1. The highest BCUT2D eigenvalue weighted by molar-refractivity contribution is 7.89. The number of hydrogen-bond acceptors (Lipinski definition) is 4. The fourth-order valence-electron chi connectivity index (χ4n) is 3.30. The minimum Gasteiger partial charge on any atom is -0.497 e. The van der Waals surface area contributed by atoms with Gasteiger partial charge in [0.05, 0.1) is 17.6 Å². The molecule has 0 saturated heterocycles. The third-order valence-corrected chi connectivity index (χ3v) is 6.16. The van der Waals surface area contributed by atoms with Crippen LogP contribution in [0, 0.1) is 0 Å². The molecule has 1 aliphatic rings. The second-order valence-corrected chi connectivity index (χ2v) is 8.10. The Hall–Kier alpha value is -2.38. The normalized spacial score (nSPS) is 16.7. The zero-order chi connectivity index (χ0) is 18.7. The van der Waals surface area contributed by atoms with Gasteiger partial charge in [0.2, 0.25) is 10.0 Å². The Morgan fingerprint density at radius 1 is 1.23 bits per heavy atom. The summed E-state index contributed by atoms with van der Waals surface area (Å²) in [7, 11) is -2.05. The number of sulfonamides is 1. The Bertz CT molecular complexity index is 906. The van der Waals surface area contributed by atoms with Gasteiger partial charge in [-0.05, 0) is 72.7 Å². The molecule has 0 radical (unpaired) electrons. The number of benzene rings is 2. The first-order valence-electron chi connectivity index (χ1n) is 8.40. The van der Waals surface area contributed by atoms with Gasteiger partial charge in [0.1, 0.15) is 5.75 Å². The molecule has 0 bridgehead atoms. The van der Waals surface area contributed by atoms with E-state index in [-0.39, 0.29) is 16.4 Å². The van der Waals surface area contributed by atoms with E-state index >= 15 is 0 Å². The van der Waals surface area contributed by atoms with E-state index in [4.69, 9.17) is 9.84 Å². The minimum atomic E-state index is -3.69. The van der Waals surface area contributed by atoms with E-state index in [1.165, 1.54) is 29.8 Å². The van der Waals surface area contributed by atoms with E-state index in [0.29, 0.717) is 6.54 Å². The molecule has 3 rings (SSSR count). The van der Waals surface area contributed by atoms with E-state index in [1.807, 2.05) is 18.2 Å². The van der Waals surface area contributed by atoms with Crippen LogP contribution in [0.25, 0.3) is 0 Å². The molecular formula is C19H21NO5S. The lowest BCUT2D eigenvalue weighted by atomic mass is 9.83. The summed E-state index contributed by atoms with van der Waals surface area (Å²) >= 11 is 0. The van der Waals surface area contributed by atoms with Crippen molar-refractivity contribution in [2.75, 3.05) is 13.7 Å². The molecule has 1 atom stereocenters. The largest absolute Gasteiger partial charge is 0.497 e. The van der Waals surface area contributed by atoms with Crippen LogP contribution in [0.1, 0.15) is 40.2 Å². The van der Waals surface area contributed by atoms with E-state index in [0.717, 1.165) is 30.6 Å². The van der Waals surface area contributed by atoms with Crippen molar-refractivity contribution in [1.29, 1.82) is 0 Å². The van der Waals surface area contributed by atoms with Crippen molar-refractivity contribution in [3.8, 4) is 5.75 Å². The number of carbonyl (C=O) groups is 1. The first kappa shape index (κ1) is 18.4. The lowest BCUT2D eigenvalue weighted by molar-refractivity contribution is 0.0696. The van der Waals surface area contributed by atoms with Crippen molar-refractivity contribution < 1.29 is 23.1 Å². The van der Waals surface area contributed by atoms with Gasteiger partial charge in [-0.3, -0.25) is 0 Å². The first-order chi connectivity index (χ1) is 12.4. The SMILES string of the molecule is COc1ccc2c(c1)CCCC2CNS(=O)(=O)c1ccc(C(=O)O)cc1. The molecular weight excluding hydrogens is 354 g/mol. The summed E-state index contributed by atoms with van der Waals surface area (Å²) in [6, 6.07) is 11.1. The number of ether oxygens (including phenoxy) is 1. The maximum Gasteiger partial charge on any atom is 0.335 e. The standard InChI is InChI=1S/C19H21NO5S/c1-25-16-7-10-18-14(11-16)3-2-4-15(18)12-20-26(23,24)17-8-5-13(6-9-17)19(21)22/h5-11,15,20H,2-4,12H2,1H3,(H,21,22). The predicted octanol–water partition coefficient (Wildman–Crippen LogP) is 2.79. The topological polar surface area (TPSA) is 92.7 Å². The number of carboxylic acid groups (broad SMARTS) is 1. The molecule has 7 heteroatoms. The van der Waals surface area contributed by atoms with Crippen molar-refractivity contribution in [3.63, 3.8) is 0 Å². The van der Waals surface area contributed by atoms with Gasteiger partial charge < -0.3 is 9.84 Å². The number of nitrogens with one attached hydrogen (secondary N) is 1. The fourth-order valence-corrected chi connectivity index (χ4v) is 4.38. The van der Waals surface area contributed by atoms with Crippen molar-refractivity contribution in [1.82, 2.24) is 4.72 Å². The summed E-state index contributed by atoms with van der Waals surface area (Å²) in [6.07, 6.45) is 2.88. The van der Waals surface area contributed by atoms with Gasteiger partial charge in [-0.2, -0.15) is 0 Å². The van der Waals surface area contributed by atoms with Gasteiger partial charge in [-0.1, -0.05) is 6.07 Å². The van der Waals surface area contributed by atoms with Crippen LogP contribution in [0.3, 0.4) is 0 Å². The zero-order valence-electron chi connectivity index (χ0n) is 14.4. The second-order valence-electron chi connectivity index (χ2n) is 6.34. The molecule has 2 aromatic carbocycles. The van der Waals surface area contributed by atoms with Gasteiger partial charge in [-0.25, -0.2) is 17.9 Å². The van der Waals surface area contributed by atoms with Gasteiger partial charge in [0, 0.05) is 6.54 Å². The van der Waals surface area contributed by atoms with E-state index in [1.54, 1.807) is 7.11 Å². The monoisotopic (exact) mass is 375 g/mol. The highest BCUT2D eigenvalue weighted by Gasteiger charge is 2.23. The molecule has 0 amide bonds. The molecule has 26 heavy (non-hydrogen) atoms. The molecule has 2 aromatic rings. The molecule has 138 valence electrons. The van der Waals surface area contributed by atoms with Crippen LogP contribution < -0.4 is 9.46 Å². The quantitative estimate of drug-likeness (QED) is 0.810. The lowest BCUT2D eigenvalue weighted by Gasteiger charge is -2.26. The Balaban J connectivity index is 1.73. The van der Waals surface area contributed by atoms with Gasteiger partial charge in [-0.15, -0.1) is 0 Å². The maximum absolute atomic E-state index is 12.5. The van der Waals surface area contributed by atoms with Crippen LogP contribution in [0.4, 0.5) is 0 Å². The molecule has 2 N–H and O–H groups in total. The number of rotatable bonds is 6. The number of aryl methyl sites for hydroxylation is 1. The molecule has 1 aliphatic carbocycles. The van der Waals surface area contributed by atoms with Gasteiger partial charge in [0.15, 0.2) is 0 Å². The first-order valence-corrected chi connectivity index (χ1v) is 9.89. The van der Waals surface area contributed by atoms with Crippen molar-refractivity contribution in [2.24, 2.45) is 0 Å². The van der Waals surface area contributed by atoms with E-state index < -0.39 is 16.0 Å². The molecule has 0 fully saturated rings. The molecule has 6 nitrogen and oxygen atoms in total. The van der Waals surface area contributed by atoms with Crippen LogP contribution >= 0.6 is 0 Å². The average molecular weight is 375 g/mol. The van der Waals surface area contributed by atoms with Crippen molar-refractivity contribution in [3.05, 3.63) is 59.2 Å². The van der Waals surface area contributed by atoms with Gasteiger partial charge in [0.25, 0.3) is 0 Å². The molecule has 0 spiro atoms. The van der Waals surface area contributed by atoms with Gasteiger partial charge >= 0.3 is 5.97 Å². The second kappa shape index (κ2) is 7.47. The Labute approximate surface area is 152 Å². The third kappa shape index (κ3) is 3.89. The zero-order valence-corrected chi connectivity index (χ0v) is 15.3. The molecule has 0 saturated carbocycles. The van der Waals surface area contributed by atoms with Crippen LogP contribution in [0.15, 0.2) is 47.4 Å². The number of hydrogen-bond donors (Lipinski definition) is 2. The predicted molar refractivity (Wildman–Crippen MR) is 97.3 cm³/mol. The smallest absolute Gasteiger partial charge is 0.335 e. The van der Waals surface area contributed by atoms with Crippen LogP contribution in [-0.4, -0.2) is 33.1 Å². The number of fused-ring (bicyclic) bond motifs is 1. The summed E-state index contributed by atoms with van der Waals surface area (Å²) < 4.78 is 32.9. The maximum atomic E-state index is 12.5. The van der Waals surface area contributed by atoms with Crippen LogP contribution in [0.2, 0.25) is 0 Å². The minimum absolute atomic E-state index is 0.0547. The Morgan fingerprint density at radius 2 is 1.96 bits per heavy atom. The number of carboxylic acids is 1. The van der Waals surface area contributed by atoms with E-state index in [2.05, 4.69) is 4.72 Å². The van der Waals surface area contributed by atoms with E-state index in [9.17, 15) is 13.2 Å². The number of methoxy groups -OCH3 is 1. The average Bonchev–Trinajstić information content (AvgIpc) is 2.65. The molecule has 0 heterocycles. The Morgan fingerprint density at radius 3 is 2.62 bits per heavy atom. The summed E-state index contributed by atoms with van der Waals surface area (Å²) in [5.41, 5.74) is 2.41. The van der Waals surface area contributed by atoms with Crippen molar-refractivity contribution >= 4 is 16.0 Å². The summed E-state index contributed by atoms with van der Waals surface area (Å²) in [5, 5.41) is 8.91. The highest BCUT2D eigenvalue weighted by atomic mass is 32.2. The molecule has 0 aromatic heterocycles. The summed E-state index contributed by atoms with van der Waals surface area (Å²) in [5.74, 6) is -0.169. The lowest BCUT2D eigenvalue weighted by Crippen LogP contribution is -2.30. The van der Waals surface area contributed by atoms with Crippen LogP contribution in [-0.2, 0) is 16.4 Å².